The van der Waals surface area contributed by atoms with E-state index in [1.54, 1.807) is 11.6 Å². The predicted octanol–water partition coefficient (Wildman–Crippen LogP) is 10.7. The average molecular weight is 595 g/mol. The Morgan fingerprint density at radius 1 is 0.977 bits per heavy atom. The van der Waals surface area contributed by atoms with Crippen LogP contribution in [0.2, 0.25) is 0 Å². The highest BCUT2D eigenvalue weighted by Gasteiger charge is 2.62. The Morgan fingerprint density at radius 3 is 2.35 bits per heavy atom. The molecule has 0 aromatic rings. The number of carbonyl (C=O) groups is 1. The van der Waals surface area contributed by atoms with Crippen molar-refractivity contribution in [3.05, 3.63) is 23.3 Å². The molecule has 5 aliphatic rings. The number of hydrogen-bond acceptors (Lipinski definition) is 3. The van der Waals surface area contributed by atoms with Gasteiger partial charge in [0.2, 0.25) is 0 Å². The summed E-state index contributed by atoms with van der Waals surface area (Å²) in [4.78, 5) is 12.7. The van der Waals surface area contributed by atoms with E-state index >= 15 is 0 Å². The molecule has 0 radical (unpaired) electrons. The smallest absolute Gasteiger partial charge is 0.331 e. The van der Waals surface area contributed by atoms with Crippen molar-refractivity contribution in [1.82, 2.24) is 0 Å². The second-order valence-electron chi connectivity index (χ2n) is 18.2. The lowest BCUT2D eigenvalue weighted by molar-refractivity contribution is -0.148. The molecule has 3 heteroatoms. The third-order valence-corrected chi connectivity index (χ3v) is 13.4. The SMILES string of the molecule is CC(C)CCCC(C)C1CCC2C3CC=C4CC(OC5(C)C(=CC(=O)OC(C)(C)C)C5C(C)C)CCC4(C)C3CCC12C. The van der Waals surface area contributed by atoms with Crippen molar-refractivity contribution in [1.29, 1.82) is 0 Å². The van der Waals surface area contributed by atoms with Gasteiger partial charge < -0.3 is 9.47 Å². The standard InChI is InChI=1S/C40H66O3/c1-25(2)13-12-14-27(5)31-17-18-32-30-16-15-28-23-29(19-21-38(28,9)33(30)20-22-39(31,32)10)42-40(11)34(36(40)26(3)4)24-35(41)43-37(6,7)8/h15,24-27,29-33,36H,12-14,16-23H2,1-11H3. The molecule has 4 fully saturated rings. The van der Waals surface area contributed by atoms with Gasteiger partial charge in [-0.15, -0.1) is 0 Å². The highest BCUT2D eigenvalue weighted by atomic mass is 16.6. The van der Waals surface area contributed by atoms with Crippen LogP contribution >= 0.6 is 0 Å². The van der Waals surface area contributed by atoms with Crippen LogP contribution in [0.1, 0.15) is 147 Å². The average Bonchev–Trinajstić information content (AvgIpc) is 3.26. The molecule has 43 heavy (non-hydrogen) atoms. The first-order chi connectivity index (χ1) is 20.0. The van der Waals surface area contributed by atoms with Crippen LogP contribution in [0.5, 0.6) is 0 Å². The summed E-state index contributed by atoms with van der Waals surface area (Å²) in [5.74, 6) is 5.73. The molecule has 10 unspecified atom stereocenters. The van der Waals surface area contributed by atoms with Crippen LogP contribution in [0.4, 0.5) is 0 Å². The number of ether oxygens (including phenoxy) is 2. The van der Waals surface area contributed by atoms with E-state index in [1.807, 2.05) is 20.8 Å². The summed E-state index contributed by atoms with van der Waals surface area (Å²) in [7, 11) is 0. The Bertz CT molecular complexity index is 1090. The quantitative estimate of drug-likeness (QED) is 0.151. The monoisotopic (exact) mass is 595 g/mol. The molecule has 5 rings (SSSR count). The third-order valence-electron chi connectivity index (χ3n) is 13.4. The first-order valence-corrected chi connectivity index (χ1v) is 18.3. The second-order valence-corrected chi connectivity index (χ2v) is 18.2. The van der Waals surface area contributed by atoms with Gasteiger partial charge in [0.1, 0.15) is 5.60 Å². The van der Waals surface area contributed by atoms with Crippen LogP contribution in [0.25, 0.3) is 0 Å². The zero-order valence-corrected chi connectivity index (χ0v) is 29.9. The van der Waals surface area contributed by atoms with Crippen molar-refractivity contribution >= 4 is 5.97 Å². The lowest BCUT2D eigenvalue weighted by atomic mass is 9.47. The van der Waals surface area contributed by atoms with Crippen LogP contribution < -0.4 is 0 Å². The molecule has 244 valence electrons. The van der Waals surface area contributed by atoms with Crippen molar-refractivity contribution < 1.29 is 14.3 Å². The molecular weight excluding hydrogens is 528 g/mol. The topological polar surface area (TPSA) is 35.5 Å². The molecule has 0 aromatic carbocycles. The zero-order valence-electron chi connectivity index (χ0n) is 29.9. The number of carbonyl (C=O) groups excluding carboxylic acids is 1. The van der Waals surface area contributed by atoms with E-state index in [0.717, 1.165) is 53.9 Å². The van der Waals surface area contributed by atoms with E-state index in [-0.39, 0.29) is 23.6 Å². The van der Waals surface area contributed by atoms with Gasteiger partial charge in [0.05, 0.1) is 11.7 Å². The molecule has 0 aromatic heterocycles. The molecule has 10 atom stereocenters. The van der Waals surface area contributed by atoms with E-state index in [0.29, 0.717) is 16.7 Å². The van der Waals surface area contributed by atoms with E-state index in [9.17, 15) is 4.79 Å². The summed E-state index contributed by atoms with van der Waals surface area (Å²) >= 11 is 0. The lowest BCUT2D eigenvalue weighted by Gasteiger charge is -2.58. The fraction of sp³-hybridized carbons (Fsp3) is 0.875. The Hall–Kier alpha value is -1.09. The van der Waals surface area contributed by atoms with Gasteiger partial charge >= 0.3 is 5.97 Å². The Labute approximate surface area is 265 Å². The molecule has 0 bridgehead atoms. The van der Waals surface area contributed by atoms with Gasteiger partial charge in [0, 0.05) is 12.0 Å². The molecule has 4 saturated carbocycles. The molecule has 0 heterocycles. The first-order valence-electron chi connectivity index (χ1n) is 18.3. The summed E-state index contributed by atoms with van der Waals surface area (Å²) < 4.78 is 12.6. The summed E-state index contributed by atoms with van der Waals surface area (Å²) in [6, 6.07) is 0. The van der Waals surface area contributed by atoms with Gasteiger partial charge in [0.25, 0.3) is 0 Å². The summed E-state index contributed by atoms with van der Waals surface area (Å²) in [5, 5.41) is 0. The van der Waals surface area contributed by atoms with Crippen molar-refractivity contribution in [2.75, 3.05) is 0 Å². The maximum atomic E-state index is 12.7. The molecule has 5 aliphatic carbocycles. The minimum atomic E-state index is -0.478. The minimum Gasteiger partial charge on any atom is -0.457 e. The largest absolute Gasteiger partial charge is 0.457 e. The maximum Gasteiger partial charge on any atom is 0.331 e. The first kappa shape index (κ1) is 33.3. The van der Waals surface area contributed by atoms with E-state index in [1.165, 1.54) is 57.8 Å². The predicted molar refractivity (Wildman–Crippen MR) is 179 cm³/mol. The highest BCUT2D eigenvalue weighted by molar-refractivity contribution is 5.85. The van der Waals surface area contributed by atoms with Crippen LogP contribution in [0.3, 0.4) is 0 Å². The molecule has 0 aliphatic heterocycles. The fourth-order valence-corrected chi connectivity index (χ4v) is 11.4. The Balaban J connectivity index is 1.25. The van der Waals surface area contributed by atoms with Crippen molar-refractivity contribution in [2.24, 2.45) is 58.2 Å². The van der Waals surface area contributed by atoms with Gasteiger partial charge in [-0.05, 0) is 137 Å². The number of esters is 1. The van der Waals surface area contributed by atoms with Crippen LogP contribution in [0, 0.1) is 58.2 Å². The number of rotatable bonds is 9. The van der Waals surface area contributed by atoms with Crippen molar-refractivity contribution in [3.8, 4) is 0 Å². The molecule has 0 N–H and O–H groups in total. The van der Waals surface area contributed by atoms with Crippen molar-refractivity contribution in [3.63, 3.8) is 0 Å². The molecular formula is C40H66O3. The number of fused-ring (bicyclic) bond motifs is 5. The summed E-state index contributed by atoms with van der Waals surface area (Å²) in [5.41, 5.74) is 2.87. The third kappa shape index (κ3) is 6.33. The zero-order chi connectivity index (χ0) is 31.5. The highest BCUT2D eigenvalue weighted by Crippen LogP contribution is 2.68. The second kappa shape index (κ2) is 11.9. The Kier molecular flexibility index (Phi) is 9.23. The van der Waals surface area contributed by atoms with Crippen LogP contribution in [-0.4, -0.2) is 23.3 Å². The Morgan fingerprint density at radius 2 is 1.70 bits per heavy atom. The molecule has 0 saturated heterocycles. The van der Waals surface area contributed by atoms with E-state index in [2.05, 4.69) is 61.5 Å². The van der Waals surface area contributed by atoms with Gasteiger partial charge in [0.15, 0.2) is 0 Å². The molecule has 0 spiro atoms. The van der Waals surface area contributed by atoms with E-state index < -0.39 is 5.60 Å². The van der Waals surface area contributed by atoms with E-state index in [4.69, 9.17) is 9.47 Å². The van der Waals surface area contributed by atoms with Gasteiger partial charge in [-0.3, -0.25) is 0 Å². The van der Waals surface area contributed by atoms with Crippen molar-refractivity contribution in [2.45, 2.75) is 164 Å². The van der Waals surface area contributed by atoms with Crippen LogP contribution in [-0.2, 0) is 14.3 Å². The minimum absolute atomic E-state index is 0.235. The van der Waals surface area contributed by atoms with Gasteiger partial charge in [-0.2, -0.15) is 0 Å². The van der Waals surface area contributed by atoms with Crippen LogP contribution in [0.15, 0.2) is 23.3 Å². The lowest BCUT2D eigenvalue weighted by Crippen LogP contribution is -2.51. The normalized spacial score (nSPS) is 42.3. The number of allylic oxidation sites excluding steroid dienone is 1. The molecule has 0 amide bonds. The van der Waals surface area contributed by atoms with Gasteiger partial charge in [-0.25, -0.2) is 4.79 Å². The maximum absolute atomic E-state index is 12.7. The number of hydrogen-bond donors (Lipinski definition) is 0. The summed E-state index contributed by atoms with van der Waals surface area (Å²) in [6.07, 6.45) is 19.4. The summed E-state index contributed by atoms with van der Waals surface area (Å²) in [6.45, 7) is 25.2. The molecule has 3 nitrogen and oxygen atoms in total. The fourth-order valence-electron chi connectivity index (χ4n) is 11.4. The van der Waals surface area contributed by atoms with Gasteiger partial charge in [-0.1, -0.05) is 79.4 Å².